The molecule has 2 heterocycles. The predicted molar refractivity (Wildman–Crippen MR) is 114 cm³/mol. The molecular weight excluding hydrogens is 382 g/mol. The summed E-state index contributed by atoms with van der Waals surface area (Å²) in [4.78, 5) is 41.0. The van der Waals surface area contributed by atoms with Crippen molar-refractivity contribution < 1.29 is 19.1 Å². The number of ether oxygens (including phenoxy) is 1. The highest BCUT2D eigenvalue weighted by atomic mass is 16.5. The molecule has 0 atom stereocenters. The number of imide groups is 2. The minimum atomic E-state index is -0.745. The summed E-state index contributed by atoms with van der Waals surface area (Å²) in [7, 11) is 0. The molecule has 30 heavy (non-hydrogen) atoms. The Morgan fingerprint density at radius 2 is 1.60 bits per heavy atom. The molecule has 0 aromatic heterocycles. The van der Waals surface area contributed by atoms with Crippen molar-refractivity contribution in [1.82, 2.24) is 5.32 Å². The van der Waals surface area contributed by atoms with E-state index in [9.17, 15) is 14.4 Å². The van der Waals surface area contributed by atoms with Crippen LogP contribution in [0.3, 0.4) is 0 Å². The number of carbonyl (C=O) groups is 3. The Bertz CT molecular complexity index is 1040. The van der Waals surface area contributed by atoms with Gasteiger partial charge in [0, 0.05) is 18.8 Å². The fourth-order valence-electron chi connectivity index (χ4n) is 3.58. The van der Waals surface area contributed by atoms with E-state index in [-0.39, 0.29) is 5.57 Å². The van der Waals surface area contributed by atoms with Crippen molar-refractivity contribution in [1.29, 1.82) is 0 Å². The largest absolute Gasteiger partial charge is 0.378 e. The number of barbiturate groups is 1. The summed E-state index contributed by atoms with van der Waals surface area (Å²) < 4.78 is 5.40. The first-order valence-electron chi connectivity index (χ1n) is 9.85. The highest BCUT2D eigenvalue weighted by molar-refractivity contribution is 6.39. The van der Waals surface area contributed by atoms with Crippen molar-refractivity contribution in [2.75, 3.05) is 36.1 Å². The lowest BCUT2D eigenvalue weighted by atomic mass is 10.0. The quantitative estimate of drug-likeness (QED) is 0.628. The number of rotatable bonds is 3. The molecule has 0 spiro atoms. The average Bonchev–Trinajstić information content (AvgIpc) is 2.74. The van der Waals surface area contributed by atoms with Crippen LogP contribution >= 0.6 is 0 Å². The van der Waals surface area contributed by atoms with Crippen LogP contribution in [0.25, 0.3) is 6.08 Å². The molecular formula is C23H23N3O4. The monoisotopic (exact) mass is 405 g/mol. The standard InChI is InChI=1S/C23H23N3O4/c1-15-3-6-18(7-4-15)26-22(28)20(21(27)24-23(26)29)14-17-5-8-19(13-16(17)2)25-9-11-30-12-10-25/h3-8,13-14H,9-12H2,1-2H3,(H,24,27,29). The summed E-state index contributed by atoms with van der Waals surface area (Å²) in [6.45, 7) is 6.90. The van der Waals surface area contributed by atoms with Gasteiger partial charge in [-0.15, -0.1) is 0 Å². The number of nitrogens with one attached hydrogen (secondary N) is 1. The maximum absolute atomic E-state index is 13.0. The van der Waals surface area contributed by atoms with Gasteiger partial charge in [0.2, 0.25) is 0 Å². The van der Waals surface area contributed by atoms with Crippen molar-refractivity contribution in [3.63, 3.8) is 0 Å². The number of urea groups is 1. The number of hydrogen-bond acceptors (Lipinski definition) is 5. The average molecular weight is 405 g/mol. The molecule has 2 aromatic carbocycles. The van der Waals surface area contributed by atoms with E-state index >= 15 is 0 Å². The smallest absolute Gasteiger partial charge is 0.335 e. The Labute approximate surface area is 174 Å². The van der Waals surface area contributed by atoms with E-state index < -0.39 is 17.8 Å². The lowest BCUT2D eigenvalue weighted by Gasteiger charge is -2.29. The van der Waals surface area contributed by atoms with E-state index in [1.807, 2.05) is 44.2 Å². The molecule has 4 amide bonds. The van der Waals surface area contributed by atoms with Crippen LogP contribution in [0.2, 0.25) is 0 Å². The molecule has 2 fully saturated rings. The first-order chi connectivity index (χ1) is 14.4. The molecule has 0 unspecified atom stereocenters. The lowest BCUT2D eigenvalue weighted by Crippen LogP contribution is -2.54. The van der Waals surface area contributed by atoms with Crippen molar-refractivity contribution >= 4 is 35.3 Å². The third kappa shape index (κ3) is 3.84. The first-order valence-corrected chi connectivity index (χ1v) is 9.85. The maximum atomic E-state index is 13.0. The van der Waals surface area contributed by atoms with Crippen LogP contribution in [0.15, 0.2) is 48.0 Å². The molecule has 0 radical (unpaired) electrons. The number of aryl methyl sites for hydroxylation is 2. The van der Waals surface area contributed by atoms with Crippen LogP contribution < -0.4 is 15.1 Å². The van der Waals surface area contributed by atoms with E-state index in [1.54, 1.807) is 18.2 Å². The molecule has 2 aliphatic rings. The second-order valence-corrected chi connectivity index (χ2v) is 7.43. The summed E-state index contributed by atoms with van der Waals surface area (Å²) in [5, 5.41) is 2.26. The molecule has 2 aromatic rings. The Kier molecular flexibility index (Phi) is 5.37. The number of nitrogens with zero attached hydrogens (tertiary/aromatic N) is 2. The molecule has 2 saturated heterocycles. The highest BCUT2D eigenvalue weighted by Gasteiger charge is 2.36. The van der Waals surface area contributed by atoms with Crippen LogP contribution in [0.4, 0.5) is 16.2 Å². The minimum Gasteiger partial charge on any atom is -0.378 e. The Morgan fingerprint density at radius 1 is 0.933 bits per heavy atom. The number of amides is 4. The highest BCUT2D eigenvalue weighted by Crippen LogP contribution is 2.25. The van der Waals surface area contributed by atoms with Gasteiger partial charge in [0.25, 0.3) is 11.8 Å². The Morgan fingerprint density at radius 3 is 2.27 bits per heavy atom. The van der Waals surface area contributed by atoms with Crippen LogP contribution in [0, 0.1) is 13.8 Å². The second kappa shape index (κ2) is 8.12. The van der Waals surface area contributed by atoms with Gasteiger partial charge in [-0.2, -0.15) is 0 Å². The number of carbonyl (C=O) groups excluding carboxylic acids is 3. The predicted octanol–water partition coefficient (Wildman–Crippen LogP) is 2.81. The van der Waals surface area contributed by atoms with Gasteiger partial charge >= 0.3 is 6.03 Å². The zero-order valence-corrected chi connectivity index (χ0v) is 17.0. The molecule has 154 valence electrons. The first kappa shape index (κ1) is 19.8. The van der Waals surface area contributed by atoms with Gasteiger partial charge in [-0.05, 0) is 55.3 Å². The molecule has 2 aliphatic heterocycles. The fourth-order valence-corrected chi connectivity index (χ4v) is 3.58. The van der Waals surface area contributed by atoms with E-state index in [2.05, 4.69) is 10.2 Å². The number of morpholine rings is 1. The van der Waals surface area contributed by atoms with Crippen molar-refractivity contribution in [3.8, 4) is 0 Å². The lowest BCUT2D eigenvalue weighted by molar-refractivity contribution is -0.122. The minimum absolute atomic E-state index is 0.0719. The van der Waals surface area contributed by atoms with Gasteiger partial charge in [-0.25, -0.2) is 9.69 Å². The third-order valence-electron chi connectivity index (χ3n) is 5.32. The van der Waals surface area contributed by atoms with Crippen LogP contribution in [-0.2, 0) is 14.3 Å². The molecule has 1 N–H and O–H groups in total. The molecule has 7 nitrogen and oxygen atoms in total. The third-order valence-corrected chi connectivity index (χ3v) is 5.32. The zero-order valence-electron chi connectivity index (χ0n) is 17.0. The summed E-state index contributed by atoms with van der Waals surface area (Å²) in [6.07, 6.45) is 1.55. The van der Waals surface area contributed by atoms with E-state index in [1.165, 1.54) is 0 Å². The van der Waals surface area contributed by atoms with E-state index in [0.29, 0.717) is 18.9 Å². The van der Waals surface area contributed by atoms with Crippen molar-refractivity contribution in [2.24, 2.45) is 0 Å². The van der Waals surface area contributed by atoms with Crippen molar-refractivity contribution in [2.45, 2.75) is 13.8 Å². The van der Waals surface area contributed by atoms with Crippen LogP contribution in [-0.4, -0.2) is 44.1 Å². The van der Waals surface area contributed by atoms with Gasteiger partial charge < -0.3 is 9.64 Å². The Hall–Kier alpha value is -3.45. The summed E-state index contributed by atoms with van der Waals surface area (Å²) in [5.74, 6) is -1.32. The fraction of sp³-hybridized carbons (Fsp3) is 0.261. The number of hydrogen-bond donors (Lipinski definition) is 1. The van der Waals surface area contributed by atoms with Gasteiger partial charge in [-0.3, -0.25) is 14.9 Å². The van der Waals surface area contributed by atoms with Gasteiger partial charge in [0.15, 0.2) is 0 Å². The van der Waals surface area contributed by atoms with E-state index in [4.69, 9.17) is 4.74 Å². The zero-order chi connectivity index (χ0) is 21.3. The summed E-state index contributed by atoms with van der Waals surface area (Å²) in [5.41, 5.74) is 4.12. The topological polar surface area (TPSA) is 79.0 Å². The SMILES string of the molecule is Cc1ccc(N2C(=O)NC(=O)C(=Cc3ccc(N4CCOCC4)cc3C)C2=O)cc1. The van der Waals surface area contributed by atoms with Crippen molar-refractivity contribution in [3.05, 3.63) is 64.7 Å². The van der Waals surface area contributed by atoms with Crippen LogP contribution in [0.1, 0.15) is 16.7 Å². The van der Waals surface area contributed by atoms with Gasteiger partial charge in [-0.1, -0.05) is 23.8 Å². The Balaban J connectivity index is 1.64. The number of benzene rings is 2. The molecule has 0 aliphatic carbocycles. The van der Waals surface area contributed by atoms with Crippen LogP contribution in [0.5, 0.6) is 0 Å². The van der Waals surface area contributed by atoms with Gasteiger partial charge in [0.1, 0.15) is 5.57 Å². The van der Waals surface area contributed by atoms with E-state index in [0.717, 1.165) is 40.4 Å². The normalized spacial score (nSPS) is 18.7. The molecule has 0 saturated carbocycles. The molecule has 0 bridgehead atoms. The summed E-state index contributed by atoms with van der Waals surface area (Å²) in [6, 6.07) is 12.1. The number of anilines is 2. The van der Waals surface area contributed by atoms with Gasteiger partial charge in [0.05, 0.1) is 18.9 Å². The summed E-state index contributed by atoms with van der Waals surface area (Å²) >= 11 is 0. The molecule has 7 heteroatoms. The maximum Gasteiger partial charge on any atom is 0.335 e. The second-order valence-electron chi connectivity index (χ2n) is 7.43. The molecule has 4 rings (SSSR count).